The summed E-state index contributed by atoms with van der Waals surface area (Å²) in [5.74, 6) is -0.0137. The van der Waals surface area contributed by atoms with E-state index in [-0.39, 0.29) is 5.91 Å². The zero-order valence-electron chi connectivity index (χ0n) is 9.14. The minimum absolute atomic E-state index is 0.0137. The van der Waals surface area contributed by atoms with Crippen molar-refractivity contribution >= 4 is 28.6 Å². The fourth-order valence-electron chi connectivity index (χ4n) is 1.23. The Balaban J connectivity index is 2.23. The van der Waals surface area contributed by atoms with E-state index in [1.807, 2.05) is 29.1 Å². The summed E-state index contributed by atoms with van der Waals surface area (Å²) >= 11 is 3.15. The van der Waals surface area contributed by atoms with Crippen molar-refractivity contribution in [3.63, 3.8) is 0 Å². The number of rotatable bonds is 3. The van der Waals surface area contributed by atoms with Gasteiger partial charge in [-0.1, -0.05) is 0 Å². The van der Waals surface area contributed by atoms with E-state index in [1.165, 1.54) is 11.3 Å². The van der Waals surface area contributed by atoms with Gasteiger partial charge in [-0.15, -0.1) is 11.3 Å². The van der Waals surface area contributed by atoms with Crippen LogP contribution in [0.25, 0.3) is 10.6 Å². The van der Waals surface area contributed by atoms with Crippen molar-refractivity contribution in [3.8, 4) is 10.6 Å². The van der Waals surface area contributed by atoms with Crippen LogP contribution in [0.5, 0.6) is 0 Å². The smallest absolute Gasteiger partial charge is 0.273 e. The molecule has 1 amide bonds. The standard InChI is InChI=1S/C11H12N2OS2/c1-3-13(2)11(14)9-7-16-10(12-9)8-4-5-15-6-8/h4-7H,3H2,1-2H3. The van der Waals surface area contributed by atoms with Crippen molar-refractivity contribution in [2.75, 3.05) is 13.6 Å². The zero-order chi connectivity index (χ0) is 11.5. The summed E-state index contributed by atoms with van der Waals surface area (Å²) in [6.45, 7) is 2.65. The molecule has 16 heavy (non-hydrogen) atoms. The zero-order valence-corrected chi connectivity index (χ0v) is 10.8. The highest BCUT2D eigenvalue weighted by molar-refractivity contribution is 7.14. The average molecular weight is 252 g/mol. The van der Waals surface area contributed by atoms with Crippen molar-refractivity contribution in [2.45, 2.75) is 6.92 Å². The number of hydrogen-bond acceptors (Lipinski definition) is 4. The maximum atomic E-state index is 11.8. The van der Waals surface area contributed by atoms with Crippen LogP contribution in [0.15, 0.2) is 22.2 Å². The van der Waals surface area contributed by atoms with Crippen molar-refractivity contribution in [2.24, 2.45) is 0 Å². The summed E-state index contributed by atoms with van der Waals surface area (Å²) in [5.41, 5.74) is 1.63. The highest BCUT2D eigenvalue weighted by atomic mass is 32.1. The summed E-state index contributed by atoms with van der Waals surface area (Å²) in [6, 6.07) is 2.02. The van der Waals surface area contributed by atoms with Gasteiger partial charge in [-0.2, -0.15) is 11.3 Å². The van der Waals surface area contributed by atoms with Crippen LogP contribution in [-0.4, -0.2) is 29.4 Å². The van der Waals surface area contributed by atoms with Gasteiger partial charge in [0, 0.05) is 29.9 Å². The average Bonchev–Trinajstić information content (AvgIpc) is 2.96. The summed E-state index contributed by atoms with van der Waals surface area (Å²) in [7, 11) is 1.78. The molecule has 0 bridgehead atoms. The molecule has 2 aromatic heterocycles. The predicted octanol–water partition coefficient (Wildman–Crippen LogP) is 2.96. The lowest BCUT2D eigenvalue weighted by atomic mass is 10.3. The first-order valence-corrected chi connectivity index (χ1v) is 6.78. The predicted molar refractivity (Wildman–Crippen MR) is 68.1 cm³/mol. The van der Waals surface area contributed by atoms with Gasteiger partial charge in [0.25, 0.3) is 5.91 Å². The Labute approximate surface area is 102 Å². The Kier molecular flexibility index (Phi) is 3.36. The van der Waals surface area contributed by atoms with E-state index < -0.39 is 0 Å². The Morgan fingerprint density at radius 2 is 2.31 bits per heavy atom. The van der Waals surface area contributed by atoms with Gasteiger partial charge >= 0.3 is 0 Å². The lowest BCUT2D eigenvalue weighted by Gasteiger charge is -2.11. The number of thiazole rings is 1. The van der Waals surface area contributed by atoms with Crippen molar-refractivity contribution in [1.82, 2.24) is 9.88 Å². The molecular formula is C11H12N2OS2. The molecule has 5 heteroatoms. The summed E-state index contributed by atoms with van der Waals surface area (Å²) in [6.07, 6.45) is 0. The maximum absolute atomic E-state index is 11.8. The van der Waals surface area contributed by atoms with E-state index in [1.54, 1.807) is 23.3 Å². The van der Waals surface area contributed by atoms with E-state index in [0.717, 1.165) is 10.6 Å². The number of carbonyl (C=O) groups is 1. The molecule has 0 unspecified atom stereocenters. The molecule has 0 aromatic carbocycles. The quantitative estimate of drug-likeness (QED) is 0.841. The summed E-state index contributed by atoms with van der Waals surface area (Å²) in [5, 5.41) is 6.78. The topological polar surface area (TPSA) is 33.2 Å². The first-order chi connectivity index (χ1) is 7.72. The summed E-state index contributed by atoms with van der Waals surface area (Å²) < 4.78 is 0. The molecule has 0 saturated carbocycles. The monoisotopic (exact) mass is 252 g/mol. The second-order valence-corrected chi connectivity index (χ2v) is 5.01. The molecule has 0 aliphatic heterocycles. The van der Waals surface area contributed by atoms with Crippen LogP contribution in [0, 0.1) is 0 Å². The molecule has 0 aliphatic carbocycles. The van der Waals surface area contributed by atoms with Crippen molar-refractivity contribution in [1.29, 1.82) is 0 Å². The molecule has 2 rings (SSSR count). The molecule has 0 spiro atoms. The van der Waals surface area contributed by atoms with Gasteiger partial charge < -0.3 is 4.90 Å². The fourth-order valence-corrected chi connectivity index (χ4v) is 2.74. The molecule has 0 aliphatic rings. The molecule has 0 atom stereocenters. The molecule has 2 heterocycles. The van der Waals surface area contributed by atoms with Gasteiger partial charge in [0.05, 0.1) is 0 Å². The molecule has 0 radical (unpaired) electrons. The molecule has 3 nitrogen and oxygen atoms in total. The van der Waals surface area contributed by atoms with E-state index in [4.69, 9.17) is 0 Å². The van der Waals surface area contributed by atoms with Crippen molar-refractivity contribution < 1.29 is 4.79 Å². The lowest BCUT2D eigenvalue weighted by Crippen LogP contribution is -2.26. The highest BCUT2D eigenvalue weighted by Gasteiger charge is 2.14. The Morgan fingerprint density at radius 1 is 1.50 bits per heavy atom. The first kappa shape index (κ1) is 11.3. The van der Waals surface area contributed by atoms with E-state index >= 15 is 0 Å². The molecule has 2 aromatic rings. The molecule has 84 valence electrons. The minimum Gasteiger partial charge on any atom is -0.341 e. The number of nitrogens with zero attached hydrogens (tertiary/aromatic N) is 2. The van der Waals surface area contributed by atoms with Crippen LogP contribution in [0.4, 0.5) is 0 Å². The number of carbonyl (C=O) groups excluding carboxylic acids is 1. The van der Waals surface area contributed by atoms with Crippen LogP contribution in [0.3, 0.4) is 0 Å². The van der Waals surface area contributed by atoms with Gasteiger partial charge in [-0.3, -0.25) is 4.79 Å². The van der Waals surface area contributed by atoms with Crippen LogP contribution in [-0.2, 0) is 0 Å². The normalized spacial score (nSPS) is 10.4. The van der Waals surface area contributed by atoms with Gasteiger partial charge in [-0.05, 0) is 18.4 Å². The van der Waals surface area contributed by atoms with Gasteiger partial charge in [0.1, 0.15) is 10.7 Å². The largest absolute Gasteiger partial charge is 0.341 e. The fraction of sp³-hybridized carbons (Fsp3) is 0.273. The molecule has 0 saturated heterocycles. The molecular weight excluding hydrogens is 240 g/mol. The van der Waals surface area contributed by atoms with Crippen LogP contribution in [0.2, 0.25) is 0 Å². The second kappa shape index (κ2) is 4.76. The Bertz CT molecular complexity index is 476. The van der Waals surface area contributed by atoms with Gasteiger partial charge in [0.2, 0.25) is 0 Å². The first-order valence-electron chi connectivity index (χ1n) is 4.96. The van der Waals surface area contributed by atoms with Crippen LogP contribution < -0.4 is 0 Å². The molecule has 0 N–H and O–H groups in total. The van der Waals surface area contributed by atoms with E-state index in [0.29, 0.717) is 12.2 Å². The summed E-state index contributed by atoms with van der Waals surface area (Å²) in [4.78, 5) is 17.8. The van der Waals surface area contributed by atoms with Gasteiger partial charge in [-0.25, -0.2) is 4.98 Å². The lowest BCUT2D eigenvalue weighted by molar-refractivity contribution is 0.0797. The third kappa shape index (κ3) is 2.15. The highest BCUT2D eigenvalue weighted by Crippen LogP contribution is 2.25. The van der Waals surface area contributed by atoms with Gasteiger partial charge in [0.15, 0.2) is 0 Å². The SMILES string of the molecule is CCN(C)C(=O)c1csc(-c2ccsc2)n1. The van der Waals surface area contributed by atoms with Crippen LogP contribution >= 0.6 is 22.7 Å². The van der Waals surface area contributed by atoms with Crippen molar-refractivity contribution in [3.05, 3.63) is 27.9 Å². The number of thiophene rings is 1. The minimum atomic E-state index is -0.0137. The second-order valence-electron chi connectivity index (χ2n) is 3.37. The third-order valence-electron chi connectivity index (χ3n) is 2.31. The maximum Gasteiger partial charge on any atom is 0.273 e. The number of amides is 1. The molecule has 0 fully saturated rings. The Hall–Kier alpha value is -1.20. The van der Waals surface area contributed by atoms with E-state index in [2.05, 4.69) is 4.98 Å². The van der Waals surface area contributed by atoms with Crippen LogP contribution in [0.1, 0.15) is 17.4 Å². The number of hydrogen-bond donors (Lipinski definition) is 0. The Morgan fingerprint density at radius 3 is 2.94 bits per heavy atom. The third-order valence-corrected chi connectivity index (χ3v) is 3.89. The van der Waals surface area contributed by atoms with E-state index in [9.17, 15) is 4.79 Å². The number of aromatic nitrogens is 1.